The number of hydrogen-bond donors (Lipinski definition) is 0. The first-order valence-electron chi connectivity index (χ1n) is 10.4. The zero-order chi connectivity index (χ0) is 19.7. The van der Waals surface area contributed by atoms with Gasteiger partial charge in [0.15, 0.2) is 0 Å². The molecule has 2 aliphatic rings. The summed E-state index contributed by atoms with van der Waals surface area (Å²) in [6.45, 7) is 0.132. The van der Waals surface area contributed by atoms with Gasteiger partial charge >= 0.3 is 6.85 Å². The summed E-state index contributed by atoms with van der Waals surface area (Å²) in [5.74, 6) is 0. The molecule has 0 spiro atoms. The van der Waals surface area contributed by atoms with E-state index in [-0.39, 0.29) is 6.85 Å². The molecule has 0 saturated heterocycles. The zero-order valence-corrected chi connectivity index (χ0v) is 16.3. The summed E-state index contributed by atoms with van der Waals surface area (Å²) in [4.78, 5) is 7.34. The maximum absolute atomic E-state index is 4.82. The van der Waals surface area contributed by atoms with Crippen molar-refractivity contribution in [3.05, 3.63) is 103 Å². The van der Waals surface area contributed by atoms with E-state index in [0.717, 1.165) is 5.69 Å². The van der Waals surface area contributed by atoms with E-state index < -0.39 is 0 Å². The van der Waals surface area contributed by atoms with Gasteiger partial charge in [0.25, 0.3) is 0 Å². The molecule has 0 saturated carbocycles. The molecule has 0 amide bonds. The molecule has 138 valence electrons. The average Bonchev–Trinajstić information content (AvgIpc) is 2.83. The minimum absolute atomic E-state index is 0.132. The fraction of sp³-hybridized carbons (Fsp3) is 0. The monoisotopic (exact) mass is 380 g/mol. The molecule has 5 aromatic rings. The standard InChI is InChI=1S/C27H17BN2/c1-2-9-19-18(8-1)15-16-21-20-10-3-5-12-23(20)28-24-13-6-4-11-22(24)26-25(14-7-17-29-26)30(28)27(19)21/h1-17H. The first-order valence-corrected chi connectivity index (χ1v) is 10.4. The second-order valence-corrected chi connectivity index (χ2v) is 8.00. The number of fused-ring (bicyclic) bond motifs is 13. The minimum Gasteiger partial charge on any atom is -0.374 e. The lowest BCUT2D eigenvalue weighted by atomic mass is 9.43. The van der Waals surface area contributed by atoms with Crippen LogP contribution in [0.25, 0.3) is 33.2 Å². The van der Waals surface area contributed by atoms with Crippen molar-refractivity contribution in [2.75, 3.05) is 4.81 Å². The lowest BCUT2D eigenvalue weighted by molar-refractivity contribution is 1.27. The molecule has 0 unspecified atom stereocenters. The molecule has 4 aromatic carbocycles. The van der Waals surface area contributed by atoms with Crippen LogP contribution in [0.15, 0.2) is 103 Å². The third-order valence-electron chi connectivity index (χ3n) is 6.50. The Kier molecular flexibility index (Phi) is 3.11. The molecule has 0 atom stereocenters. The summed E-state index contributed by atoms with van der Waals surface area (Å²) < 4.78 is 0. The molecule has 1 aromatic heterocycles. The zero-order valence-electron chi connectivity index (χ0n) is 16.3. The van der Waals surface area contributed by atoms with Crippen molar-refractivity contribution in [1.82, 2.24) is 4.98 Å². The normalized spacial score (nSPS) is 13.2. The second kappa shape index (κ2) is 5.83. The van der Waals surface area contributed by atoms with E-state index in [1.54, 1.807) is 0 Å². The van der Waals surface area contributed by atoms with Crippen molar-refractivity contribution in [3.8, 4) is 22.4 Å². The van der Waals surface area contributed by atoms with E-state index in [9.17, 15) is 0 Å². The maximum Gasteiger partial charge on any atom is 0.329 e. The van der Waals surface area contributed by atoms with Gasteiger partial charge in [-0.15, -0.1) is 0 Å². The van der Waals surface area contributed by atoms with Gasteiger partial charge in [0.2, 0.25) is 0 Å². The van der Waals surface area contributed by atoms with Crippen molar-refractivity contribution in [1.29, 1.82) is 0 Å². The molecule has 2 nitrogen and oxygen atoms in total. The molecule has 2 aliphatic heterocycles. The Morgan fingerprint density at radius 1 is 0.600 bits per heavy atom. The van der Waals surface area contributed by atoms with Crippen molar-refractivity contribution in [3.63, 3.8) is 0 Å². The molecular weight excluding hydrogens is 363 g/mol. The van der Waals surface area contributed by atoms with E-state index in [0.29, 0.717) is 0 Å². The van der Waals surface area contributed by atoms with E-state index in [1.165, 1.54) is 49.8 Å². The van der Waals surface area contributed by atoms with Crippen molar-refractivity contribution < 1.29 is 0 Å². The Balaban J connectivity index is 1.69. The van der Waals surface area contributed by atoms with Crippen molar-refractivity contribution in [2.45, 2.75) is 0 Å². The van der Waals surface area contributed by atoms with Crippen LogP contribution in [0.3, 0.4) is 0 Å². The second-order valence-electron chi connectivity index (χ2n) is 8.00. The van der Waals surface area contributed by atoms with Crippen LogP contribution in [-0.4, -0.2) is 11.8 Å². The van der Waals surface area contributed by atoms with Crippen LogP contribution < -0.4 is 15.7 Å². The number of hydrogen-bond acceptors (Lipinski definition) is 2. The van der Waals surface area contributed by atoms with E-state index in [2.05, 4.69) is 102 Å². The maximum atomic E-state index is 4.82. The molecule has 0 fully saturated rings. The molecule has 3 heterocycles. The summed E-state index contributed by atoms with van der Waals surface area (Å²) in [6.07, 6.45) is 1.90. The highest BCUT2D eigenvalue weighted by Crippen LogP contribution is 2.47. The van der Waals surface area contributed by atoms with Gasteiger partial charge in [-0.05, 0) is 39.6 Å². The third kappa shape index (κ3) is 1.97. The Morgan fingerprint density at radius 2 is 1.33 bits per heavy atom. The topological polar surface area (TPSA) is 16.1 Å². The molecule has 0 aliphatic carbocycles. The molecular formula is C27H17BN2. The van der Waals surface area contributed by atoms with Crippen LogP contribution in [0.1, 0.15) is 0 Å². The van der Waals surface area contributed by atoms with Crippen LogP contribution in [0.2, 0.25) is 0 Å². The van der Waals surface area contributed by atoms with Crippen LogP contribution in [0.4, 0.5) is 11.4 Å². The van der Waals surface area contributed by atoms with Gasteiger partial charge in [-0.1, -0.05) is 84.9 Å². The van der Waals surface area contributed by atoms with Gasteiger partial charge in [-0.3, -0.25) is 4.98 Å². The number of rotatable bonds is 0. The number of pyridine rings is 1. The number of benzene rings is 4. The van der Waals surface area contributed by atoms with Gasteiger partial charge in [0.05, 0.1) is 11.4 Å². The smallest absolute Gasteiger partial charge is 0.329 e. The van der Waals surface area contributed by atoms with Gasteiger partial charge in [0, 0.05) is 22.8 Å². The number of nitrogens with zero attached hydrogens (tertiary/aromatic N) is 2. The molecule has 3 heteroatoms. The molecule has 0 N–H and O–H groups in total. The lowest BCUT2D eigenvalue weighted by Crippen LogP contribution is -2.59. The van der Waals surface area contributed by atoms with E-state index in [1.807, 2.05) is 6.20 Å². The van der Waals surface area contributed by atoms with Gasteiger partial charge < -0.3 is 4.81 Å². The Morgan fingerprint density at radius 3 is 2.23 bits per heavy atom. The Hall–Kier alpha value is -3.85. The predicted octanol–water partition coefficient (Wildman–Crippen LogP) is 5.14. The lowest BCUT2D eigenvalue weighted by Gasteiger charge is -2.43. The van der Waals surface area contributed by atoms with Crippen LogP contribution in [0, 0.1) is 0 Å². The molecule has 0 radical (unpaired) electrons. The highest BCUT2D eigenvalue weighted by molar-refractivity contribution is 6.92. The summed E-state index contributed by atoms with van der Waals surface area (Å²) in [6, 6.07) is 35.1. The van der Waals surface area contributed by atoms with Crippen molar-refractivity contribution >= 4 is 39.9 Å². The van der Waals surface area contributed by atoms with Gasteiger partial charge in [-0.2, -0.15) is 0 Å². The largest absolute Gasteiger partial charge is 0.374 e. The highest BCUT2D eigenvalue weighted by Gasteiger charge is 2.42. The fourth-order valence-electron chi connectivity index (χ4n) is 5.30. The summed E-state index contributed by atoms with van der Waals surface area (Å²) in [5.41, 5.74) is 10.0. The van der Waals surface area contributed by atoms with Gasteiger partial charge in [-0.25, -0.2) is 0 Å². The van der Waals surface area contributed by atoms with Crippen LogP contribution >= 0.6 is 0 Å². The quantitative estimate of drug-likeness (QED) is 0.346. The number of anilines is 2. The third-order valence-corrected chi connectivity index (χ3v) is 6.50. The SMILES string of the molecule is c1ccc2c(c1)B1c3ccccc3-c3ncccc3N1c1c-2ccc2ccccc12. The van der Waals surface area contributed by atoms with Crippen LogP contribution in [-0.2, 0) is 0 Å². The van der Waals surface area contributed by atoms with E-state index in [4.69, 9.17) is 4.98 Å². The average molecular weight is 380 g/mol. The number of aromatic nitrogens is 1. The van der Waals surface area contributed by atoms with E-state index >= 15 is 0 Å². The van der Waals surface area contributed by atoms with Gasteiger partial charge in [0.1, 0.15) is 0 Å². The molecule has 7 rings (SSSR count). The molecule has 0 bridgehead atoms. The first kappa shape index (κ1) is 16.0. The molecule has 30 heavy (non-hydrogen) atoms. The summed E-state index contributed by atoms with van der Waals surface area (Å²) in [5, 5.41) is 2.54. The summed E-state index contributed by atoms with van der Waals surface area (Å²) >= 11 is 0. The van der Waals surface area contributed by atoms with Crippen molar-refractivity contribution in [2.24, 2.45) is 0 Å². The predicted molar refractivity (Wildman–Crippen MR) is 126 cm³/mol. The van der Waals surface area contributed by atoms with Crippen LogP contribution in [0.5, 0.6) is 0 Å². The minimum atomic E-state index is 0.132. The fourth-order valence-corrected chi connectivity index (χ4v) is 5.30. The summed E-state index contributed by atoms with van der Waals surface area (Å²) in [7, 11) is 0. The highest BCUT2D eigenvalue weighted by atomic mass is 15.1. The first-order chi connectivity index (χ1) is 14.9. The Labute approximate surface area is 175 Å². The Bertz CT molecular complexity index is 1470.